The number of hydrogen-bond donors (Lipinski definition) is 3. The van der Waals surface area contributed by atoms with Crippen LogP contribution < -0.4 is 26.0 Å². The van der Waals surface area contributed by atoms with E-state index in [1.165, 1.54) is 12.0 Å². The van der Waals surface area contributed by atoms with Gasteiger partial charge in [-0.25, -0.2) is 4.79 Å². The van der Waals surface area contributed by atoms with Gasteiger partial charge in [-0.3, -0.25) is 19.8 Å². The second-order valence-corrected chi connectivity index (χ2v) is 5.39. The van der Waals surface area contributed by atoms with Crippen LogP contribution in [0.4, 0.5) is 10.5 Å². The Morgan fingerprint density at radius 1 is 1.36 bits per heavy atom. The van der Waals surface area contributed by atoms with Crippen molar-refractivity contribution in [3.8, 4) is 5.75 Å². The lowest BCUT2D eigenvalue weighted by Gasteiger charge is -2.28. The molecule has 8 nitrogen and oxygen atoms in total. The maximum atomic E-state index is 12.1. The zero-order chi connectivity index (χ0) is 17.5. The minimum absolute atomic E-state index is 0. The van der Waals surface area contributed by atoms with E-state index >= 15 is 0 Å². The number of carbonyl (C=O) groups excluding carboxylic acids is 3. The number of halogens is 1. The molecule has 1 aliphatic heterocycles. The number of urea groups is 1. The van der Waals surface area contributed by atoms with Crippen LogP contribution in [0.3, 0.4) is 0 Å². The Hall–Kier alpha value is -2.32. The molecule has 9 heteroatoms. The third-order valence-electron chi connectivity index (χ3n) is 3.70. The molecule has 0 aliphatic carbocycles. The van der Waals surface area contributed by atoms with Gasteiger partial charge < -0.3 is 15.8 Å². The number of amides is 4. The van der Waals surface area contributed by atoms with E-state index < -0.39 is 6.03 Å². The smallest absolute Gasteiger partial charge is 0.328 e. The molecule has 1 heterocycles. The number of rotatable bonds is 7. The van der Waals surface area contributed by atoms with E-state index in [1.807, 2.05) is 0 Å². The number of imide groups is 1. The van der Waals surface area contributed by atoms with Crippen molar-refractivity contribution in [3.63, 3.8) is 0 Å². The van der Waals surface area contributed by atoms with Crippen LogP contribution in [0.2, 0.25) is 0 Å². The maximum Gasteiger partial charge on any atom is 0.328 e. The molecule has 0 atom stereocenters. The van der Waals surface area contributed by atoms with Gasteiger partial charge in [-0.05, 0) is 37.6 Å². The monoisotopic (exact) mass is 370 g/mol. The van der Waals surface area contributed by atoms with Crippen molar-refractivity contribution in [2.24, 2.45) is 5.73 Å². The summed E-state index contributed by atoms with van der Waals surface area (Å²) in [6.45, 7) is 1.42. The first-order valence-electron chi connectivity index (χ1n) is 7.84. The molecule has 25 heavy (non-hydrogen) atoms. The standard InChI is InChI=1S/C16H22N4O4.ClH/c1-24-13-10-11(15(22)18-8-3-2-7-17)4-5-12(13)20-9-6-14(21)19-16(20)23;/h4-5,10H,2-3,6-9,17H2,1H3,(H,18,22)(H,19,21,23);1H. The van der Waals surface area contributed by atoms with Crippen LogP contribution in [0.1, 0.15) is 29.6 Å². The molecule has 2 rings (SSSR count). The average Bonchev–Trinajstić information content (AvgIpc) is 2.58. The van der Waals surface area contributed by atoms with Gasteiger partial charge in [0.2, 0.25) is 5.91 Å². The van der Waals surface area contributed by atoms with Crippen LogP contribution in [0.25, 0.3) is 0 Å². The number of nitrogens with one attached hydrogen (secondary N) is 2. The van der Waals surface area contributed by atoms with Crippen molar-refractivity contribution < 1.29 is 19.1 Å². The summed E-state index contributed by atoms with van der Waals surface area (Å²) >= 11 is 0. The number of anilines is 1. The van der Waals surface area contributed by atoms with E-state index in [-0.39, 0.29) is 37.2 Å². The Balaban J connectivity index is 0.00000312. The van der Waals surface area contributed by atoms with Crippen LogP contribution in [0.15, 0.2) is 18.2 Å². The number of benzene rings is 1. The van der Waals surface area contributed by atoms with Crippen LogP contribution in [-0.2, 0) is 4.79 Å². The van der Waals surface area contributed by atoms with E-state index in [2.05, 4.69) is 10.6 Å². The molecule has 0 spiro atoms. The number of carbonyl (C=O) groups is 3. The Kier molecular flexibility index (Phi) is 8.17. The number of nitrogens with zero attached hydrogens (tertiary/aromatic N) is 1. The van der Waals surface area contributed by atoms with Crippen molar-refractivity contribution in [1.82, 2.24) is 10.6 Å². The predicted molar refractivity (Wildman–Crippen MR) is 96.4 cm³/mol. The molecule has 1 fully saturated rings. The third kappa shape index (κ3) is 5.33. The molecule has 0 bridgehead atoms. The number of nitrogens with two attached hydrogens (primary N) is 1. The van der Waals surface area contributed by atoms with Gasteiger partial charge in [0, 0.05) is 25.1 Å². The van der Waals surface area contributed by atoms with Crippen LogP contribution >= 0.6 is 12.4 Å². The van der Waals surface area contributed by atoms with E-state index in [1.54, 1.807) is 18.2 Å². The topological polar surface area (TPSA) is 114 Å². The van der Waals surface area contributed by atoms with E-state index in [0.717, 1.165) is 12.8 Å². The highest BCUT2D eigenvalue weighted by Gasteiger charge is 2.26. The van der Waals surface area contributed by atoms with Crippen molar-refractivity contribution >= 4 is 35.9 Å². The first-order chi connectivity index (χ1) is 11.6. The molecular formula is C16H23ClN4O4. The highest BCUT2D eigenvalue weighted by atomic mass is 35.5. The molecule has 0 saturated carbocycles. The molecule has 0 aromatic heterocycles. The normalized spacial score (nSPS) is 13.8. The molecule has 1 aromatic carbocycles. The summed E-state index contributed by atoms with van der Waals surface area (Å²) in [5.41, 5.74) is 6.37. The molecule has 4 amide bonds. The van der Waals surface area contributed by atoms with Gasteiger partial charge in [-0.1, -0.05) is 0 Å². The summed E-state index contributed by atoms with van der Waals surface area (Å²) in [6, 6.07) is 4.35. The number of unbranched alkanes of at least 4 members (excludes halogenated alkanes) is 1. The molecule has 1 aromatic rings. The van der Waals surface area contributed by atoms with Gasteiger partial charge >= 0.3 is 6.03 Å². The van der Waals surface area contributed by atoms with E-state index in [0.29, 0.717) is 30.1 Å². The minimum Gasteiger partial charge on any atom is -0.495 e. The molecule has 0 radical (unpaired) electrons. The molecule has 0 unspecified atom stereocenters. The lowest BCUT2D eigenvalue weighted by atomic mass is 10.1. The van der Waals surface area contributed by atoms with Crippen LogP contribution in [-0.4, -0.2) is 44.6 Å². The highest BCUT2D eigenvalue weighted by Crippen LogP contribution is 2.30. The van der Waals surface area contributed by atoms with Gasteiger partial charge in [-0.2, -0.15) is 0 Å². The molecule has 1 saturated heterocycles. The van der Waals surface area contributed by atoms with Gasteiger partial charge in [0.1, 0.15) is 5.75 Å². The lowest BCUT2D eigenvalue weighted by molar-refractivity contribution is -0.120. The lowest BCUT2D eigenvalue weighted by Crippen LogP contribution is -2.49. The maximum absolute atomic E-state index is 12.1. The highest BCUT2D eigenvalue weighted by molar-refractivity contribution is 6.06. The summed E-state index contributed by atoms with van der Waals surface area (Å²) in [5, 5.41) is 5.07. The van der Waals surface area contributed by atoms with Crippen molar-refractivity contribution in [2.75, 3.05) is 31.6 Å². The van der Waals surface area contributed by atoms with Gasteiger partial charge in [0.15, 0.2) is 0 Å². The quantitative estimate of drug-likeness (QED) is 0.620. The Bertz CT molecular complexity index is 639. The summed E-state index contributed by atoms with van der Waals surface area (Å²) in [5.74, 6) is -0.118. The van der Waals surface area contributed by atoms with Gasteiger partial charge in [0.05, 0.1) is 12.8 Å². The van der Waals surface area contributed by atoms with E-state index in [9.17, 15) is 14.4 Å². The fourth-order valence-electron chi connectivity index (χ4n) is 2.41. The second kappa shape index (κ2) is 9.85. The molecular weight excluding hydrogens is 348 g/mol. The number of hydrogen-bond acceptors (Lipinski definition) is 5. The van der Waals surface area contributed by atoms with Crippen LogP contribution in [0, 0.1) is 0 Å². The molecule has 4 N–H and O–H groups in total. The van der Waals surface area contributed by atoms with Gasteiger partial charge in [0.25, 0.3) is 5.91 Å². The second-order valence-electron chi connectivity index (χ2n) is 5.39. The number of methoxy groups -OCH3 is 1. The van der Waals surface area contributed by atoms with Crippen LogP contribution in [0.5, 0.6) is 5.75 Å². The minimum atomic E-state index is -0.497. The zero-order valence-corrected chi connectivity index (χ0v) is 14.9. The summed E-state index contributed by atoms with van der Waals surface area (Å²) < 4.78 is 5.30. The van der Waals surface area contributed by atoms with Crippen molar-refractivity contribution in [2.45, 2.75) is 19.3 Å². The third-order valence-corrected chi connectivity index (χ3v) is 3.70. The van der Waals surface area contributed by atoms with Crippen molar-refractivity contribution in [3.05, 3.63) is 23.8 Å². The Labute approximate surface area is 152 Å². The SMILES string of the molecule is COc1cc(C(=O)NCCCCN)ccc1N1CCC(=O)NC1=O.Cl. The fourth-order valence-corrected chi connectivity index (χ4v) is 2.41. The first kappa shape index (κ1) is 20.7. The summed E-state index contributed by atoms with van der Waals surface area (Å²) in [7, 11) is 1.47. The zero-order valence-electron chi connectivity index (χ0n) is 14.0. The first-order valence-corrected chi connectivity index (χ1v) is 7.84. The average molecular weight is 371 g/mol. The largest absolute Gasteiger partial charge is 0.495 e. The molecule has 1 aliphatic rings. The predicted octanol–water partition coefficient (Wildman–Crippen LogP) is 1.03. The summed E-state index contributed by atoms with van der Waals surface area (Å²) in [6.07, 6.45) is 1.89. The summed E-state index contributed by atoms with van der Waals surface area (Å²) in [4.78, 5) is 36.7. The fraction of sp³-hybridized carbons (Fsp3) is 0.438. The Morgan fingerprint density at radius 2 is 2.12 bits per heavy atom. The van der Waals surface area contributed by atoms with E-state index in [4.69, 9.17) is 10.5 Å². The molecule has 138 valence electrons. The van der Waals surface area contributed by atoms with Gasteiger partial charge in [-0.15, -0.1) is 12.4 Å². The Morgan fingerprint density at radius 3 is 2.76 bits per heavy atom. The number of ether oxygens (including phenoxy) is 1. The van der Waals surface area contributed by atoms with Crippen molar-refractivity contribution in [1.29, 1.82) is 0 Å².